The van der Waals surface area contributed by atoms with Crippen molar-refractivity contribution < 1.29 is 14.0 Å². The first-order valence-electron chi connectivity index (χ1n) is 10.2. The molecule has 5 nitrogen and oxygen atoms in total. The Bertz CT molecular complexity index is 908. The topological polar surface area (TPSA) is 61.4 Å². The van der Waals surface area contributed by atoms with Crippen LogP contribution >= 0.6 is 0 Å². The third-order valence-corrected chi connectivity index (χ3v) is 6.19. The number of rotatable bonds is 3. The van der Waals surface area contributed by atoms with Crippen LogP contribution < -0.4 is 10.6 Å². The quantitative estimate of drug-likeness (QED) is 0.840. The lowest BCUT2D eigenvalue weighted by Gasteiger charge is -2.44. The van der Waals surface area contributed by atoms with Crippen LogP contribution in [0.1, 0.15) is 31.2 Å². The number of carbonyl (C=O) groups excluding carboxylic acids is 2. The van der Waals surface area contributed by atoms with Crippen LogP contribution in [-0.2, 0) is 9.59 Å². The van der Waals surface area contributed by atoms with Crippen LogP contribution in [0.15, 0.2) is 48.5 Å². The second-order valence-corrected chi connectivity index (χ2v) is 7.92. The summed E-state index contributed by atoms with van der Waals surface area (Å²) in [5.41, 5.74) is 1.46. The van der Waals surface area contributed by atoms with E-state index in [-0.39, 0.29) is 17.6 Å². The summed E-state index contributed by atoms with van der Waals surface area (Å²) in [4.78, 5) is 27.1. The lowest BCUT2D eigenvalue weighted by Crippen LogP contribution is -2.67. The highest BCUT2D eigenvalue weighted by Crippen LogP contribution is 2.29. The number of piperazine rings is 1. The molecule has 0 aliphatic carbocycles. The van der Waals surface area contributed by atoms with E-state index < -0.39 is 11.5 Å². The van der Waals surface area contributed by atoms with Gasteiger partial charge in [0.05, 0.1) is 5.92 Å². The van der Waals surface area contributed by atoms with E-state index in [4.69, 9.17) is 0 Å². The van der Waals surface area contributed by atoms with Crippen molar-refractivity contribution in [1.29, 1.82) is 0 Å². The van der Waals surface area contributed by atoms with Gasteiger partial charge in [-0.05, 0) is 37.0 Å². The van der Waals surface area contributed by atoms with Crippen LogP contribution in [0, 0.1) is 5.82 Å². The molecule has 152 valence electrons. The minimum atomic E-state index is -0.554. The Labute approximate surface area is 170 Å². The van der Waals surface area contributed by atoms with E-state index in [1.54, 1.807) is 11.0 Å². The SMILES string of the molecule is C[C@@H](C(=O)N1CCC2(CC1)NCCNC2=O)c1ccc(-c2ccccc2)c(F)c1. The molecule has 1 spiro atoms. The Hall–Kier alpha value is -2.73. The van der Waals surface area contributed by atoms with Crippen molar-refractivity contribution in [2.45, 2.75) is 31.2 Å². The molecule has 2 aliphatic heterocycles. The van der Waals surface area contributed by atoms with Crippen LogP contribution in [0.3, 0.4) is 0 Å². The number of halogens is 1. The molecule has 2 aromatic rings. The molecule has 0 bridgehead atoms. The Kier molecular flexibility index (Phi) is 5.37. The van der Waals surface area contributed by atoms with Crippen molar-refractivity contribution in [2.75, 3.05) is 26.2 Å². The molecule has 29 heavy (non-hydrogen) atoms. The van der Waals surface area contributed by atoms with Crippen LogP contribution in [-0.4, -0.2) is 48.4 Å². The highest BCUT2D eigenvalue weighted by Gasteiger charge is 2.43. The van der Waals surface area contributed by atoms with Gasteiger partial charge in [0.2, 0.25) is 11.8 Å². The third-order valence-electron chi connectivity index (χ3n) is 6.19. The summed E-state index contributed by atoms with van der Waals surface area (Å²) < 4.78 is 14.7. The number of amides is 2. The molecule has 6 heteroatoms. The van der Waals surface area contributed by atoms with Crippen molar-refractivity contribution in [2.24, 2.45) is 0 Å². The molecule has 0 saturated carbocycles. The van der Waals surface area contributed by atoms with Crippen LogP contribution in [0.25, 0.3) is 11.1 Å². The summed E-state index contributed by atoms with van der Waals surface area (Å²) in [5, 5.41) is 6.25. The van der Waals surface area contributed by atoms with Crippen molar-refractivity contribution in [3.05, 3.63) is 59.9 Å². The van der Waals surface area contributed by atoms with Gasteiger partial charge in [0.15, 0.2) is 0 Å². The zero-order valence-electron chi connectivity index (χ0n) is 16.6. The summed E-state index contributed by atoms with van der Waals surface area (Å²) in [6.45, 7) is 4.26. The number of carbonyl (C=O) groups is 2. The van der Waals surface area contributed by atoms with E-state index in [0.717, 1.165) is 12.1 Å². The number of benzene rings is 2. The van der Waals surface area contributed by atoms with Gasteiger partial charge in [0.1, 0.15) is 11.4 Å². The van der Waals surface area contributed by atoms with E-state index in [2.05, 4.69) is 10.6 Å². The Morgan fingerprint density at radius 2 is 1.83 bits per heavy atom. The van der Waals surface area contributed by atoms with Gasteiger partial charge >= 0.3 is 0 Å². The van der Waals surface area contributed by atoms with E-state index in [1.165, 1.54) is 6.07 Å². The summed E-state index contributed by atoms with van der Waals surface area (Å²) in [5.74, 6) is -0.754. The first-order chi connectivity index (χ1) is 14.0. The van der Waals surface area contributed by atoms with Gasteiger partial charge in [0.25, 0.3) is 0 Å². The smallest absolute Gasteiger partial charge is 0.240 e. The number of nitrogens with zero attached hydrogens (tertiary/aromatic N) is 1. The summed E-state index contributed by atoms with van der Waals surface area (Å²) >= 11 is 0. The normalized spacial score (nSPS) is 19.7. The van der Waals surface area contributed by atoms with Crippen LogP contribution in [0.5, 0.6) is 0 Å². The molecule has 2 heterocycles. The molecule has 2 N–H and O–H groups in total. The average molecular weight is 395 g/mol. The second kappa shape index (κ2) is 7.95. The van der Waals surface area contributed by atoms with Gasteiger partial charge in [-0.2, -0.15) is 0 Å². The monoisotopic (exact) mass is 395 g/mol. The molecule has 0 radical (unpaired) electrons. The third kappa shape index (κ3) is 3.77. The number of hydrogen-bond donors (Lipinski definition) is 2. The summed E-state index contributed by atoms with van der Waals surface area (Å²) in [7, 11) is 0. The zero-order chi connectivity index (χ0) is 20.4. The van der Waals surface area contributed by atoms with Crippen LogP contribution in [0.4, 0.5) is 4.39 Å². The molecular weight excluding hydrogens is 369 g/mol. The molecule has 2 aromatic carbocycles. The van der Waals surface area contributed by atoms with Gasteiger partial charge in [-0.1, -0.05) is 42.5 Å². The van der Waals surface area contributed by atoms with Crippen LogP contribution in [0.2, 0.25) is 0 Å². The minimum Gasteiger partial charge on any atom is -0.353 e. The molecule has 0 unspecified atom stereocenters. The Balaban J connectivity index is 1.45. The molecule has 2 fully saturated rings. The maximum Gasteiger partial charge on any atom is 0.240 e. The highest BCUT2D eigenvalue weighted by atomic mass is 19.1. The maximum atomic E-state index is 14.7. The number of piperidine rings is 1. The second-order valence-electron chi connectivity index (χ2n) is 7.92. The molecule has 4 rings (SSSR count). The van der Waals surface area contributed by atoms with Gasteiger partial charge < -0.3 is 15.5 Å². The zero-order valence-corrected chi connectivity index (χ0v) is 16.6. The average Bonchev–Trinajstić information content (AvgIpc) is 2.76. The molecule has 1 atom stereocenters. The number of hydrogen-bond acceptors (Lipinski definition) is 3. The standard InChI is InChI=1S/C23H26FN3O2/c1-16(18-7-8-19(20(24)15-18)17-5-3-2-4-6-17)21(28)27-13-9-23(10-14-27)22(29)25-11-12-26-23/h2-8,15-16,26H,9-14H2,1H3,(H,25,29)/t16-/m1/s1. The van der Waals surface area contributed by atoms with Crippen molar-refractivity contribution in [1.82, 2.24) is 15.5 Å². The summed E-state index contributed by atoms with van der Waals surface area (Å²) in [6.07, 6.45) is 1.19. The lowest BCUT2D eigenvalue weighted by molar-refractivity contribution is -0.139. The van der Waals surface area contributed by atoms with Gasteiger partial charge in [-0.15, -0.1) is 0 Å². The molecule has 2 saturated heterocycles. The largest absolute Gasteiger partial charge is 0.353 e. The first kappa shape index (κ1) is 19.6. The fraction of sp³-hybridized carbons (Fsp3) is 0.391. The Morgan fingerprint density at radius 1 is 1.10 bits per heavy atom. The predicted molar refractivity (Wildman–Crippen MR) is 110 cm³/mol. The maximum absolute atomic E-state index is 14.7. The van der Waals surface area contributed by atoms with E-state index in [9.17, 15) is 14.0 Å². The van der Waals surface area contributed by atoms with E-state index >= 15 is 0 Å². The van der Waals surface area contributed by atoms with Crippen molar-refractivity contribution in [3.63, 3.8) is 0 Å². The van der Waals surface area contributed by atoms with Crippen molar-refractivity contribution >= 4 is 11.8 Å². The predicted octanol–water partition coefficient (Wildman–Crippen LogP) is 2.68. The van der Waals surface area contributed by atoms with E-state index in [0.29, 0.717) is 43.6 Å². The van der Waals surface area contributed by atoms with E-state index in [1.807, 2.05) is 43.3 Å². The number of nitrogens with one attached hydrogen (secondary N) is 2. The molecule has 2 amide bonds. The molecular formula is C23H26FN3O2. The lowest BCUT2D eigenvalue weighted by atomic mass is 9.84. The van der Waals surface area contributed by atoms with Gasteiger partial charge in [-0.25, -0.2) is 4.39 Å². The first-order valence-corrected chi connectivity index (χ1v) is 10.2. The fourth-order valence-electron chi connectivity index (χ4n) is 4.31. The Morgan fingerprint density at radius 3 is 2.48 bits per heavy atom. The fourth-order valence-corrected chi connectivity index (χ4v) is 4.31. The molecule has 0 aromatic heterocycles. The number of likely N-dealkylation sites (tertiary alicyclic amines) is 1. The minimum absolute atomic E-state index is 0.0251. The van der Waals surface area contributed by atoms with Gasteiger partial charge in [0, 0.05) is 31.7 Å². The molecule has 2 aliphatic rings. The van der Waals surface area contributed by atoms with Gasteiger partial charge in [-0.3, -0.25) is 9.59 Å². The van der Waals surface area contributed by atoms with Crippen molar-refractivity contribution in [3.8, 4) is 11.1 Å². The summed E-state index contributed by atoms with van der Waals surface area (Å²) in [6, 6.07) is 14.4. The highest BCUT2D eigenvalue weighted by molar-refractivity contribution is 5.88.